The van der Waals surface area contributed by atoms with Crippen molar-refractivity contribution in [2.75, 3.05) is 18.4 Å². The number of hydrogen-bond acceptors (Lipinski definition) is 5. The monoisotopic (exact) mass is 502 g/mol. The Kier molecular flexibility index (Phi) is 7.77. The first-order valence-corrected chi connectivity index (χ1v) is 12.7. The maximum Gasteiger partial charge on any atom is 0.337 e. The molecule has 2 aliphatic heterocycles. The predicted molar refractivity (Wildman–Crippen MR) is 131 cm³/mol. The molecule has 36 heavy (non-hydrogen) atoms. The van der Waals surface area contributed by atoms with Gasteiger partial charge in [-0.05, 0) is 50.8 Å². The molecular formula is C25H35FN6O4. The molecule has 1 aromatic carbocycles. The zero-order chi connectivity index (χ0) is 26.0. The van der Waals surface area contributed by atoms with Crippen LogP contribution in [0.2, 0.25) is 0 Å². The van der Waals surface area contributed by atoms with Crippen LogP contribution < -0.4 is 16.1 Å². The summed E-state index contributed by atoms with van der Waals surface area (Å²) in [6, 6.07) is 3.79. The van der Waals surface area contributed by atoms with Crippen LogP contribution in [0.15, 0.2) is 18.2 Å². The lowest BCUT2D eigenvalue weighted by Crippen LogP contribution is -2.66. The second-order valence-corrected chi connectivity index (χ2v) is 9.91. The second-order valence-electron chi connectivity index (χ2n) is 9.91. The summed E-state index contributed by atoms with van der Waals surface area (Å²) in [6.07, 6.45) is 3.39. The Balaban J connectivity index is 1.47. The topological polar surface area (TPSA) is 114 Å². The molecule has 196 valence electrons. The molecule has 0 radical (unpaired) electrons. The number of carbonyl (C=O) groups is 4. The highest BCUT2D eigenvalue weighted by molar-refractivity contribution is 5.95. The molecule has 4 unspecified atom stereocenters. The summed E-state index contributed by atoms with van der Waals surface area (Å²) in [6.45, 7) is 5.38. The van der Waals surface area contributed by atoms with Gasteiger partial charge in [0.05, 0.1) is 5.92 Å². The molecule has 1 saturated carbocycles. The molecule has 3 N–H and O–H groups in total. The van der Waals surface area contributed by atoms with E-state index in [1.807, 2.05) is 13.8 Å². The summed E-state index contributed by atoms with van der Waals surface area (Å²) in [5.74, 6) is -1.47. The Morgan fingerprint density at radius 3 is 2.67 bits per heavy atom. The molecule has 10 nitrogen and oxygen atoms in total. The lowest BCUT2D eigenvalue weighted by Gasteiger charge is -2.48. The number of rotatable bonds is 8. The Morgan fingerprint density at radius 2 is 1.94 bits per heavy atom. The van der Waals surface area contributed by atoms with Crippen molar-refractivity contribution in [1.29, 1.82) is 0 Å². The number of hydrogen-bond donors (Lipinski definition) is 3. The van der Waals surface area contributed by atoms with E-state index in [-0.39, 0.29) is 55.4 Å². The maximum absolute atomic E-state index is 13.9. The highest BCUT2D eigenvalue weighted by Gasteiger charge is 2.54. The first kappa shape index (κ1) is 25.9. The van der Waals surface area contributed by atoms with Gasteiger partial charge in [-0.3, -0.25) is 19.3 Å². The number of carbonyl (C=O) groups excluding carboxylic acids is 4. The van der Waals surface area contributed by atoms with Crippen molar-refractivity contribution in [2.24, 2.45) is 5.92 Å². The van der Waals surface area contributed by atoms with Crippen LogP contribution in [0.5, 0.6) is 0 Å². The quantitative estimate of drug-likeness (QED) is 0.505. The summed E-state index contributed by atoms with van der Waals surface area (Å²) in [5, 5.41) is 6.72. The first-order valence-electron chi connectivity index (χ1n) is 12.7. The Bertz CT molecular complexity index is 1040. The summed E-state index contributed by atoms with van der Waals surface area (Å²) in [5.41, 5.74) is 3.78. The van der Waals surface area contributed by atoms with E-state index in [9.17, 15) is 23.6 Å². The van der Waals surface area contributed by atoms with Crippen molar-refractivity contribution in [1.82, 2.24) is 25.6 Å². The van der Waals surface area contributed by atoms with Gasteiger partial charge in [0, 0.05) is 30.7 Å². The van der Waals surface area contributed by atoms with Crippen molar-refractivity contribution in [2.45, 2.75) is 77.7 Å². The van der Waals surface area contributed by atoms with E-state index in [1.165, 1.54) is 11.1 Å². The largest absolute Gasteiger partial charge is 0.354 e. The minimum atomic E-state index is -0.759. The second kappa shape index (κ2) is 10.8. The fourth-order valence-electron chi connectivity index (χ4n) is 5.14. The normalized spacial score (nSPS) is 24.3. The van der Waals surface area contributed by atoms with Crippen LogP contribution in [-0.2, 0) is 14.4 Å². The van der Waals surface area contributed by atoms with Crippen LogP contribution >= 0.6 is 0 Å². The number of halogens is 1. The van der Waals surface area contributed by atoms with E-state index >= 15 is 0 Å². The van der Waals surface area contributed by atoms with Gasteiger partial charge >= 0.3 is 6.03 Å². The van der Waals surface area contributed by atoms with Gasteiger partial charge in [-0.15, -0.1) is 0 Å². The van der Waals surface area contributed by atoms with Crippen LogP contribution in [0.1, 0.15) is 57.9 Å². The van der Waals surface area contributed by atoms with Crippen LogP contribution in [-0.4, -0.2) is 70.0 Å². The molecule has 0 aromatic heterocycles. The van der Waals surface area contributed by atoms with Crippen molar-refractivity contribution in [3.8, 4) is 0 Å². The average Bonchev–Trinajstić information content (AvgIpc) is 3.16. The number of nitrogens with one attached hydrogen (secondary N) is 3. The number of fused-ring (bicyclic) bond motifs is 3. The van der Waals surface area contributed by atoms with Gasteiger partial charge in [0.1, 0.15) is 12.4 Å². The predicted octanol–water partition coefficient (Wildman–Crippen LogP) is 2.30. The molecule has 5 amide bonds. The number of nitrogens with zero attached hydrogens (tertiary/aromatic N) is 3. The summed E-state index contributed by atoms with van der Waals surface area (Å²) in [7, 11) is 0. The van der Waals surface area contributed by atoms with E-state index in [2.05, 4.69) is 16.1 Å². The molecule has 11 heteroatoms. The number of amides is 5. The van der Waals surface area contributed by atoms with Gasteiger partial charge in [0.2, 0.25) is 17.7 Å². The summed E-state index contributed by atoms with van der Waals surface area (Å²) < 4.78 is 13.9. The molecule has 2 saturated heterocycles. The van der Waals surface area contributed by atoms with E-state index < -0.39 is 18.0 Å². The lowest BCUT2D eigenvalue weighted by atomic mass is 9.81. The molecule has 0 spiro atoms. The highest BCUT2D eigenvalue weighted by Crippen LogP contribution is 2.38. The number of benzene rings is 1. The van der Waals surface area contributed by atoms with E-state index in [4.69, 9.17) is 0 Å². The fraction of sp³-hybridized carbons (Fsp3) is 0.600. The van der Waals surface area contributed by atoms with Gasteiger partial charge in [-0.25, -0.2) is 14.2 Å². The van der Waals surface area contributed by atoms with Crippen molar-refractivity contribution >= 4 is 29.4 Å². The molecule has 4 rings (SSSR count). The maximum atomic E-state index is 13.9. The van der Waals surface area contributed by atoms with Crippen LogP contribution in [0.3, 0.4) is 0 Å². The third kappa shape index (κ3) is 5.30. The standard InChI is InChI=1S/C25H35FN6O4/c1-4-16(3)27-21(33)11-12-30-23(35)18-7-5-6-8-20(18)32-24(30)29-31(25(32)36)14-22(34)28-17-10-9-15(2)19(26)13-17/h9-10,13,16,18,20,24,29H,4-8,11-12,14H2,1-3H3,(H,27,33)(H,28,34). The van der Waals surface area contributed by atoms with Gasteiger partial charge < -0.3 is 15.5 Å². The highest BCUT2D eigenvalue weighted by atomic mass is 19.1. The van der Waals surface area contributed by atoms with Gasteiger partial charge in [-0.2, -0.15) is 5.43 Å². The summed E-state index contributed by atoms with van der Waals surface area (Å²) in [4.78, 5) is 55.1. The van der Waals surface area contributed by atoms with Crippen LogP contribution in [0.25, 0.3) is 0 Å². The third-order valence-electron chi connectivity index (χ3n) is 7.33. The number of hydrazine groups is 1. The molecule has 3 fully saturated rings. The van der Waals surface area contributed by atoms with Crippen molar-refractivity contribution in [3.05, 3.63) is 29.6 Å². The lowest BCUT2D eigenvalue weighted by molar-refractivity contribution is -0.156. The van der Waals surface area contributed by atoms with Crippen molar-refractivity contribution < 1.29 is 23.6 Å². The number of aryl methyl sites for hydroxylation is 1. The zero-order valence-corrected chi connectivity index (χ0v) is 21.1. The molecular weight excluding hydrogens is 467 g/mol. The van der Waals surface area contributed by atoms with Gasteiger partial charge in [0.15, 0.2) is 6.29 Å². The van der Waals surface area contributed by atoms with Crippen molar-refractivity contribution in [3.63, 3.8) is 0 Å². The molecule has 0 bridgehead atoms. The molecule has 1 aliphatic carbocycles. The summed E-state index contributed by atoms with van der Waals surface area (Å²) >= 11 is 0. The van der Waals surface area contributed by atoms with E-state index in [0.29, 0.717) is 24.1 Å². The smallest absolute Gasteiger partial charge is 0.337 e. The fourth-order valence-corrected chi connectivity index (χ4v) is 5.14. The zero-order valence-electron chi connectivity index (χ0n) is 21.1. The Morgan fingerprint density at radius 1 is 1.19 bits per heavy atom. The van der Waals surface area contributed by atoms with Gasteiger partial charge in [0.25, 0.3) is 0 Å². The van der Waals surface area contributed by atoms with E-state index in [1.54, 1.807) is 28.9 Å². The molecule has 3 aliphatic rings. The molecule has 1 aromatic rings. The minimum Gasteiger partial charge on any atom is -0.354 e. The third-order valence-corrected chi connectivity index (χ3v) is 7.33. The first-order chi connectivity index (χ1) is 17.2. The Labute approximate surface area is 210 Å². The minimum absolute atomic E-state index is 0.0379. The number of anilines is 1. The SMILES string of the molecule is CCC(C)NC(=O)CCN1C(=O)C2CCCCC2N2C(=O)N(CC(=O)Nc3ccc(C)c(F)c3)NC12. The average molecular weight is 503 g/mol. The van der Waals surface area contributed by atoms with Crippen LogP contribution in [0, 0.1) is 18.7 Å². The molecule has 2 heterocycles. The Hall–Kier alpha value is -3.21. The van der Waals surface area contributed by atoms with E-state index in [0.717, 1.165) is 19.3 Å². The number of urea groups is 1. The van der Waals surface area contributed by atoms with Crippen LogP contribution in [0.4, 0.5) is 14.9 Å². The molecule has 4 atom stereocenters. The van der Waals surface area contributed by atoms with Gasteiger partial charge in [-0.1, -0.05) is 25.8 Å².